The summed E-state index contributed by atoms with van der Waals surface area (Å²) in [4.78, 5) is 0. The summed E-state index contributed by atoms with van der Waals surface area (Å²) < 4.78 is 10.5. The summed E-state index contributed by atoms with van der Waals surface area (Å²) >= 11 is 0. The molecule has 2 aromatic rings. The van der Waals surface area contributed by atoms with Crippen molar-refractivity contribution in [2.24, 2.45) is 0 Å². The molecule has 0 bridgehead atoms. The van der Waals surface area contributed by atoms with Crippen molar-refractivity contribution >= 4 is 5.82 Å². The van der Waals surface area contributed by atoms with Gasteiger partial charge in [0.15, 0.2) is 5.82 Å². The monoisotopic (exact) mass is 220 g/mol. The molecule has 0 fully saturated rings. The highest BCUT2D eigenvalue weighted by Gasteiger charge is 2.16. The number of hydrogen-bond acceptors (Lipinski definition) is 4. The van der Waals surface area contributed by atoms with E-state index in [1.807, 2.05) is 12.1 Å². The van der Waals surface area contributed by atoms with Crippen molar-refractivity contribution < 1.29 is 8.94 Å². The van der Waals surface area contributed by atoms with Gasteiger partial charge in [-0.05, 0) is 18.1 Å². The van der Waals surface area contributed by atoms with Crippen molar-refractivity contribution in [3.63, 3.8) is 0 Å². The Kier molecular flexibility index (Phi) is 2.99. The van der Waals surface area contributed by atoms with Gasteiger partial charge in [-0.3, -0.25) is 0 Å². The van der Waals surface area contributed by atoms with E-state index in [1.165, 1.54) is 0 Å². The van der Waals surface area contributed by atoms with E-state index < -0.39 is 0 Å². The first-order chi connectivity index (χ1) is 7.68. The summed E-state index contributed by atoms with van der Waals surface area (Å²) in [5.74, 6) is 2.65. The summed E-state index contributed by atoms with van der Waals surface area (Å²) in [5, 5.41) is 3.81. The van der Waals surface area contributed by atoms with Crippen molar-refractivity contribution in [1.29, 1.82) is 0 Å². The Labute approximate surface area is 94.4 Å². The highest BCUT2D eigenvalue weighted by molar-refractivity contribution is 5.42. The van der Waals surface area contributed by atoms with Gasteiger partial charge in [-0.1, -0.05) is 19.0 Å². The van der Waals surface area contributed by atoms with Crippen LogP contribution in [0, 0.1) is 0 Å². The van der Waals surface area contributed by atoms with E-state index >= 15 is 0 Å². The summed E-state index contributed by atoms with van der Waals surface area (Å²) in [5.41, 5.74) is 6.78. The first-order valence-electron chi connectivity index (χ1n) is 5.44. The molecule has 86 valence electrons. The number of aromatic nitrogens is 1. The third-order valence-electron chi connectivity index (χ3n) is 2.59. The fourth-order valence-electron chi connectivity index (χ4n) is 1.84. The zero-order valence-corrected chi connectivity index (χ0v) is 9.56. The van der Waals surface area contributed by atoms with Gasteiger partial charge < -0.3 is 14.7 Å². The minimum Gasteiger partial charge on any atom is -0.469 e. The SMILES string of the molecule is CC(C)c1c(N)noc1CCc1ccco1. The van der Waals surface area contributed by atoms with Gasteiger partial charge in [0, 0.05) is 18.4 Å². The van der Waals surface area contributed by atoms with Crippen LogP contribution in [0.3, 0.4) is 0 Å². The second-order valence-corrected chi connectivity index (χ2v) is 4.14. The third kappa shape index (κ3) is 2.10. The van der Waals surface area contributed by atoms with Gasteiger partial charge >= 0.3 is 0 Å². The molecule has 0 radical (unpaired) electrons. The molecule has 2 heterocycles. The topological polar surface area (TPSA) is 65.2 Å². The van der Waals surface area contributed by atoms with E-state index in [1.54, 1.807) is 6.26 Å². The van der Waals surface area contributed by atoms with Crippen LogP contribution in [0.1, 0.15) is 36.8 Å². The molecule has 0 spiro atoms. The van der Waals surface area contributed by atoms with E-state index in [4.69, 9.17) is 14.7 Å². The molecule has 2 rings (SSSR count). The lowest BCUT2D eigenvalue weighted by Crippen LogP contribution is -1.98. The van der Waals surface area contributed by atoms with Crippen molar-refractivity contribution in [1.82, 2.24) is 5.16 Å². The third-order valence-corrected chi connectivity index (χ3v) is 2.59. The van der Waals surface area contributed by atoms with Crippen LogP contribution in [0.15, 0.2) is 27.3 Å². The molecular formula is C12H16N2O2. The number of nitrogens with zero attached hydrogens (tertiary/aromatic N) is 1. The van der Waals surface area contributed by atoms with Gasteiger partial charge in [-0.15, -0.1) is 0 Å². The molecule has 0 saturated carbocycles. The fraction of sp³-hybridized carbons (Fsp3) is 0.417. The van der Waals surface area contributed by atoms with Crippen molar-refractivity contribution in [3.05, 3.63) is 35.5 Å². The Bertz CT molecular complexity index is 444. The number of nitrogen functional groups attached to an aromatic ring is 1. The maximum Gasteiger partial charge on any atom is 0.170 e. The maximum atomic E-state index is 5.76. The molecule has 0 saturated heterocycles. The summed E-state index contributed by atoms with van der Waals surface area (Å²) in [6, 6.07) is 3.84. The van der Waals surface area contributed by atoms with E-state index in [9.17, 15) is 0 Å². The minimum absolute atomic E-state index is 0.331. The second kappa shape index (κ2) is 4.43. The summed E-state index contributed by atoms with van der Waals surface area (Å²) in [6.07, 6.45) is 3.25. The molecule has 2 aromatic heterocycles. The zero-order valence-electron chi connectivity index (χ0n) is 9.56. The number of anilines is 1. The van der Waals surface area contributed by atoms with Gasteiger partial charge in [0.1, 0.15) is 11.5 Å². The van der Waals surface area contributed by atoms with Crippen LogP contribution in [0.4, 0.5) is 5.82 Å². The molecule has 2 N–H and O–H groups in total. The molecule has 0 aliphatic rings. The molecular weight excluding hydrogens is 204 g/mol. The Morgan fingerprint density at radius 1 is 1.38 bits per heavy atom. The zero-order chi connectivity index (χ0) is 11.5. The quantitative estimate of drug-likeness (QED) is 0.860. The van der Waals surface area contributed by atoms with Gasteiger partial charge in [0.2, 0.25) is 0 Å². The highest BCUT2D eigenvalue weighted by atomic mass is 16.5. The molecule has 0 aromatic carbocycles. The van der Waals surface area contributed by atoms with E-state index in [2.05, 4.69) is 19.0 Å². The van der Waals surface area contributed by atoms with Crippen LogP contribution in [0.5, 0.6) is 0 Å². The number of rotatable bonds is 4. The average Bonchev–Trinajstić information content (AvgIpc) is 2.83. The smallest absolute Gasteiger partial charge is 0.170 e. The molecule has 0 amide bonds. The Hall–Kier alpha value is -1.71. The molecule has 0 atom stereocenters. The standard InChI is InChI=1S/C12H16N2O2/c1-8(2)11-10(16-14-12(11)13)6-5-9-4-3-7-15-9/h3-4,7-8H,5-6H2,1-2H3,(H2,13,14). The lowest BCUT2D eigenvalue weighted by molar-refractivity contribution is 0.378. The van der Waals surface area contributed by atoms with Crippen molar-refractivity contribution in [2.45, 2.75) is 32.6 Å². The van der Waals surface area contributed by atoms with Crippen LogP contribution in [-0.4, -0.2) is 5.16 Å². The second-order valence-electron chi connectivity index (χ2n) is 4.14. The van der Waals surface area contributed by atoms with Crippen LogP contribution in [-0.2, 0) is 12.8 Å². The molecule has 0 unspecified atom stereocenters. The summed E-state index contributed by atoms with van der Waals surface area (Å²) in [6.45, 7) is 4.17. The number of hydrogen-bond donors (Lipinski definition) is 1. The van der Waals surface area contributed by atoms with Crippen molar-refractivity contribution in [2.75, 3.05) is 5.73 Å². The minimum atomic E-state index is 0.331. The molecule has 0 aliphatic carbocycles. The van der Waals surface area contributed by atoms with Gasteiger partial charge in [0.25, 0.3) is 0 Å². The van der Waals surface area contributed by atoms with Gasteiger partial charge in [-0.2, -0.15) is 0 Å². The maximum absolute atomic E-state index is 5.76. The van der Waals surface area contributed by atoms with Crippen molar-refractivity contribution in [3.8, 4) is 0 Å². The molecule has 4 nitrogen and oxygen atoms in total. The van der Waals surface area contributed by atoms with Crippen LogP contribution < -0.4 is 5.73 Å². The van der Waals surface area contributed by atoms with E-state index in [-0.39, 0.29) is 0 Å². The largest absolute Gasteiger partial charge is 0.469 e. The predicted octanol–water partition coefficient (Wildman–Crippen LogP) is 2.76. The number of furan rings is 1. The van der Waals surface area contributed by atoms with E-state index in [0.29, 0.717) is 11.7 Å². The first-order valence-corrected chi connectivity index (χ1v) is 5.44. The summed E-state index contributed by atoms with van der Waals surface area (Å²) in [7, 11) is 0. The first kappa shape index (κ1) is 10.8. The predicted molar refractivity (Wildman–Crippen MR) is 61.1 cm³/mol. The molecule has 4 heteroatoms. The Morgan fingerprint density at radius 3 is 2.81 bits per heavy atom. The lowest BCUT2D eigenvalue weighted by Gasteiger charge is -2.04. The van der Waals surface area contributed by atoms with E-state index in [0.717, 1.165) is 29.9 Å². The van der Waals surface area contributed by atoms with Gasteiger partial charge in [0.05, 0.1) is 6.26 Å². The highest BCUT2D eigenvalue weighted by Crippen LogP contribution is 2.26. The molecule has 16 heavy (non-hydrogen) atoms. The average molecular weight is 220 g/mol. The van der Waals surface area contributed by atoms with Crippen LogP contribution in [0.25, 0.3) is 0 Å². The molecule has 0 aliphatic heterocycles. The normalized spacial score (nSPS) is 11.2. The lowest BCUT2D eigenvalue weighted by atomic mass is 10.0. The fourth-order valence-corrected chi connectivity index (χ4v) is 1.84. The van der Waals surface area contributed by atoms with Crippen LogP contribution >= 0.6 is 0 Å². The number of aryl methyl sites for hydroxylation is 2. The van der Waals surface area contributed by atoms with Crippen LogP contribution in [0.2, 0.25) is 0 Å². The Balaban J connectivity index is 2.10. The number of nitrogens with two attached hydrogens (primary N) is 1. The van der Waals surface area contributed by atoms with Gasteiger partial charge in [-0.25, -0.2) is 0 Å². The Morgan fingerprint density at radius 2 is 2.19 bits per heavy atom.